The minimum Gasteiger partial charge on any atom is -0.310 e. The fourth-order valence-electron chi connectivity index (χ4n) is 3.09. The van der Waals surface area contributed by atoms with E-state index >= 15 is 0 Å². The van der Waals surface area contributed by atoms with Gasteiger partial charge in [-0.05, 0) is 37.5 Å². The molecule has 100 valence electrons. The molecule has 0 aromatic heterocycles. The van der Waals surface area contributed by atoms with Crippen LogP contribution in [-0.2, 0) is 9.84 Å². The third-order valence-electron chi connectivity index (χ3n) is 4.28. The van der Waals surface area contributed by atoms with Gasteiger partial charge in [0, 0.05) is 12.1 Å². The summed E-state index contributed by atoms with van der Waals surface area (Å²) in [6.07, 6.45) is 7.04. The van der Waals surface area contributed by atoms with E-state index in [0.29, 0.717) is 23.0 Å². The Balaban J connectivity index is 1.84. The summed E-state index contributed by atoms with van der Waals surface area (Å²) in [6, 6.07) is 0.751. The van der Waals surface area contributed by atoms with Crippen LogP contribution in [0.25, 0.3) is 0 Å². The van der Waals surface area contributed by atoms with E-state index in [0.717, 1.165) is 6.42 Å². The third kappa shape index (κ3) is 3.95. The van der Waals surface area contributed by atoms with E-state index in [1.807, 2.05) is 0 Å². The molecule has 1 heterocycles. The number of hydrogen-bond acceptors (Lipinski definition) is 3. The summed E-state index contributed by atoms with van der Waals surface area (Å²) >= 11 is 0. The van der Waals surface area contributed by atoms with Crippen LogP contribution in [0.4, 0.5) is 0 Å². The molecule has 0 spiro atoms. The third-order valence-corrected chi connectivity index (χ3v) is 6.05. The number of nitrogens with one attached hydrogen (secondary N) is 1. The van der Waals surface area contributed by atoms with Crippen LogP contribution < -0.4 is 5.32 Å². The summed E-state index contributed by atoms with van der Waals surface area (Å²) in [5.41, 5.74) is 0.470. The average molecular weight is 259 g/mol. The molecule has 1 N–H and O–H groups in total. The van der Waals surface area contributed by atoms with Gasteiger partial charge in [-0.2, -0.15) is 0 Å². The van der Waals surface area contributed by atoms with Crippen LogP contribution in [-0.4, -0.2) is 32.0 Å². The van der Waals surface area contributed by atoms with Crippen molar-refractivity contribution < 1.29 is 8.42 Å². The number of rotatable bonds is 2. The lowest BCUT2D eigenvalue weighted by atomic mass is 9.85. The molecule has 2 atom stereocenters. The first-order valence-corrected chi connectivity index (χ1v) is 8.65. The van der Waals surface area contributed by atoms with Crippen molar-refractivity contribution in [3.8, 4) is 0 Å². The minimum absolute atomic E-state index is 0.214. The maximum Gasteiger partial charge on any atom is 0.151 e. The molecule has 4 heteroatoms. The van der Waals surface area contributed by atoms with Gasteiger partial charge in [0.2, 0.25) is 0 Å². The predicted molar refractivity (Wildman–Crippen MR) is 70.8 cm³/mol. The Morgan fingerprint density at radius 1 is 1.06 bits per heavy atom. The fraction of sp³-hybridized carbons (Fsp3) is 1.00. The highest BCUT2D eigenvalue weighted by atomic mass is 32.2. The molecule has 17 heavy (non-hydrogen) atoms. The Morgan fingerprint density at radius 2 is 1.82 bits per heavy atom. The molecule has 2 aliphatic rings. The molecule has 3 nitrogen and oxygen atoms in total. The molecule has 1 aliphatic heterocycles. The zero-order chi connectivity index (χ0) is 12.5. The smallest absolute Gasteiger partial charge is 0.151 e. The van der Waals surface area contributed by atoms with Gasteiger partial charge in [-0.15, -0.1) is 0 Å². The lowest BCUT2D eigenvalue weighted by molar-refractivity contribution is 0.307. The lowest BCUT2D eigenvalue weighted by Crippen LogP contribution is -2.38. The summed E-state index contributed by atoms with van der Waals surface area (Å²) < 4.78 is 22.8. The SMILES string of the molecule is CC1(C)CCCC(NC2CCS(=O)(=O)C2)CC1. The Labute approximate surface area is 105 Å². The van der Waals surface area contributed by atoms with Gasteiger partial charge >= 0.3 is 0 Å². The Hall–Kier alpha value is -0.0900. The average Bonchev–Trinajstić information content (AvgIpc) is 2.44. The monoisotopic (exact) mass is 259 g/mol. The molecule has 2 unspecified atom stereocenters. The van der Waals surface area contributed by atoms with E-state index in [-0.39, 0.29) is 6.04 Å². The Morgan fingerprint density at radius 3 is 2.47 bits per heavy atom. The van der Waals surface area contributed by atoms with Gasteiger partial charge in [-0.3, -0.25) is 0 Å². The van der Waals surface area contributed by atoms with Crippen molar-refractivity contribution >= 4 is 9.84 Å². The van der Waals surface area contributed by atoms with Crippen molar-refractivity contribution in [2.45, 2.75) is 64.5 Å². The molecular weight excluding hydrogens is 234 g/mol. The van der Waals surface area contributed by atoms with E-state index in [2.05, 4.69) is 19.2 Å². The molecular formula is C13H25NO2S. The van der Waals surface area contributed by atoms with Gasteiger partial charge in [0.1, 0.15) is 0 Å². The van der Waals surface area contributed by atoms with Crippen molar-refractivity contribution in [1.29, 1.82) is 0 Å². The molecule has 2 rings (SSSR count). The molecule has 0 radical (unpaired) electrons. The first kappa shape index (κ1) is 13.3. The van der Waals surface area contributed by atoms with E-state index in [4.69, 9.17) is 0 Å². The Kier molecular flexibility index (Phi) is 3.83. The molecule has 0 aromatic rings. The van der Waals surface area contributed by atoms with Gasteiger partial charge in [-0.1, -0.05) is 20.3 Å². The summed E-state index contributed by atoms with van der Waals surface area (Å²) in [6.45, 7) is 4.69. The predicted octanol–water partition coefficient (Wildman–Crippen LogP) is 2.12. The number of sulfone groups is 1. The largest absolute Gasteiger partial charge is 0.310 e. The first-order valence-electron chi connectivity index (χ1n) is 6.83. The number of hydrogen-bond donors (Lipinski definition) is 1. The molecule has 1 aliphatic carbocycles. The van der Waals surface area contributed by atoms with Crippen molar-refractivity contribution in [2.75, 3.05) is 11.5 Å². The summed E-state index contributed by atoms with van der Waals surface area (Å²) in [4.78, 5) is 0. The second kappa shape index (κ2) is 4.88. The van der Waals surface area contributed by atoms with Crippen LogP contribution in [0.1, 0.15) is 52.4 Å². The standard InChI is InChI=1S/C13H25NO2S/c1-13(2)7-3-4-11(5-8-13)14-12-6-9-17(15,16)10-12/h11-12,14H,3-10H2,1-2H3. The quantitative estimate of drug-likeness (QED) is 0.773. The highest BCUT2D eigenvalue weighted by Crippen LogP contribution is 2.34. The summed E-state index contributed by atoms with van der Waals surface area (Å²) in [7, 11) is -2.74. The second-order valence-electron chi connectivity index (χ2n) is 6.56. The van der Waals surface area contributed by atoms with Crippen LogP contribution in [0.3, 0.4) is 0 Å². The molecule has 0 amide bonds. The van der Waals surface area contributed by atoms with Gasteiger partial charge in [-0.25, -0.2) is 8.42 Å². The van der Waals surface area contributed by atoms with Gasteiger partial charge in [0.25, 0.3) is 0 Å². The van der Waals surface area contributed by atoms with E-state index < -0.39 is 9.84 Å². The van der Waals surface area contributed by atoms with Crippen molar-refractivity contribution in [2.24, 2.45) is 5.41 Å². The molecule has 1 saturated heterocycles. The molecule has 1 saturated carbocycles. The van der Waals surface area contributed by atoms with Crippen molar-refractivity contribution in [1.82, 2.24) is 5.32 Å². The van der Waals surface area contributed by atoms with Crippen LogP contribution in [0, 0.1) is 5.41 Å². The zero-order valence-electron chi connectivity index (χ0n) is 11.0. The highest BCUT2D eigenvalue weighted by molar-refractivity contribution is 7.91. The Bertz CT molecular complexity index is 362. The van der Waals surface area contributed by atoms with Crippen LogP contribution in [0.15, 0.2) is 0 Å². The maximum atomic E-state index is 11.4. The van der Waals surface area contributed by atoms with Crippen LogP contribution in [0.5, 0.6) is 0 Å². The topological polar surface area (TPSA) is 46.2 Å². The maximum absolute atomic E-state index is 11.4. The molecule has 0 bridgehead atoms. The van der Waals surface area contributed by atoms with Gasteiger partial charge in [0.05, 0.1) is 11.5 Å². The van der Waals surface area contributed by atoms with E-state index in [1.54, 1.807) is 0 Å². The normalized spacial score (nSPS) is 36.6. The van der Waals surface area contributed by atoms with Crippen LogP contribution in [0.2, 0.25) is 0 Å². The highest BCUT2D eigenvalue weighted by Gasteiger charge is 2.31. The molecule has 2 fully saturated rings. The molecule has 0 aromatic carbocycles. The van der Waals surface area contributed by atoms with Crippen molar-refractivity contribution in [3.05, 3.63) is 0 Å². The zero-order valence-corrected chi connectivity index (χ0v) is 11.9. The summed E-state index contributed by atoms with van der Waals surface area (Å²) in [5.74, 6) is 0.732. The van der Waals surface area contributed by atoms with Gasteiger partial charge in [0.15, 0.2) is 9.84 Å². The summed E-state index contributed by atoms with van der Waals surface area (Å²) in [5, 5.41) is 3.57. The van der Waals surface area contributed by atoms with Crippen LogP contribution >= 0.6 is 0 Å². The first-order chi connectivity index (χ1) is 7.86. The van der Waals surface area contributed by atoms with E-state index in [9.17, 15) is 8.42 Å². The van der Waals surface area contributed by atoms with E-state index in [1.165, 1.54) is 32.1 Å². The van der Waals surface area contributed by atoms with Crippen molar-refractivity contribution in [3.63, 3.8) is 0 Å². The minimum atomic E-state index is -2.74. The second-order valence-corrected chi connectivity index (χ2v) is 8.79. The van der Waals surface area contributed by atoms with Gasteiger partial charge < -0.3 is 5.32 Å². The fourth-order valence-corrected chi connectivity index (χ4v) is 4.77. The lowest BCUT2D eigenvalue weighted by Gasteiger charge is -2.23.